The zero-order chi connectivity index (χ0) is 13.7. The number of benzene rings is 1. The summed E-state index contributed by atoms with van der Waals surface area (Å²) < 4.78 is 5.62. The van der Waals surface area contributed by atoms with Crippen LogP contribution in [0, 0.1) is 0 Å². The van der Waals surface area contributed by atoms with Crippen molar-refractivity contribution in [3.8, 4) is 5.75 Å². The zero-order valence-electron chi connectivity index (χ0n) is 11.3. The number of aryl methyl sites for hydroxylation is 1. The van der Waals surface area contributed by atoms with E-state index >= 15 is 0 Å². The number of nitrogens with one attached hydrogen (secondary N) is 1. The van der Waals surface area contributed by atoms with Crippen LogP contribution in [-0.2, 0) is 11.2 Å². The Hall–Kier alpha value is -1.55. The number of carbonyl (C=O) groups is 1. The van der Waals surface area contributed by atoms with Crippen LogP contribution in [0.25, 0.3) is 0 Å². The maximum absolute atomic E-state index is 11.1. The van der Waals surface area contributed by atoms with Crippen molar-refractivity contribution in [3.05, 3.63) is 29.3 Å². The van der Waals surface area contributed by atoms with Crippen molar-refractivity contribution < 1.29 is 14.6 Å². The van der Waals surface area contributed by atoms with E-state index in [4.69, 9.17) is 4.74 Å². The third kappa shape index (κ3) is 3.70. The summed E-state index contributed by atoms with van der Waals surface area (Å²) in [5.41, 5.74) is 2.21. The maximum atomic E-state index is 11.1. The fourth-order valence-electron chi connectivity index (χ4n) is 2.39. The second kappa shape index (κ2) is 6.57. The van der Waals surface area contributed by atoms with Crippen LogP contribution in [0.5, 0.6) is 5.75 Å². The van der Waals surface area contributed by atoms with E-state index in [2.05, 4.69) is 5.32 Å². The average molecular weight is 263 g/mol. The van der Waals surface area contributed by atoms with Crippen molar-refractivity contribution in [2.45, 2.75) is 38.2 Å². The lowest BCUT2D eigenvalue weighted by molar-refractivity contribution is -0.120. The van der Waals surface area contributed by atoms with E-state index in [0.717, 1.165) is 30.6 Å². The molecule has 0 saturated carbocycles. The smallest absolute Gasteiger partial charge is 0.219 e. The number of carbonyl (C=O) groups excluding carboxylic acids is 1. The number of aliphatic hydroxyl groups is 1. The zero-order valence-corrected chi connectivity index (χ0v) is 11.3. The predicted octanol–water partition coefficient (Wildman–Crippen LogP) is 1.96. The summed E-state index contributed by atoms with van der Waals surface area (Å²) in [5, 5.41) is 12.5. The van der Waals surface area contributed by atoms with Crippen LogP contribution in [0.2, 0.25) is 0 Å². The molecule has 0 bridgehead atoms. The molecule has 1 aliphatic carbocycles. The largest absolute Gasteiger partial charge is 0.494 e. The summed E-state index contributed by atoms with van der Waals surface area (Å²) in [7, 11) is 1.63. The van der Waals surface area contributed by atoms with Gasteiger partial charge < -0.3 is 15.2 Å². The van der Waals surface area contributed by atoms with Crippen LogP contribution in [0.15, 0.2) is 18.2 Å². The molecule has 0 spiro atoms. The van der Waals surface area contributed by atoms with Crippen LogP contribution in [0.3, 0.4) is 0 Å². The van der Waals surface area contributed by atoms with Gasteiger partial charge in [0.2, 0.25) is 5.91 Å². The normalized spacial score (nSPS) is 17.7. The minimum Gasteiger partial charge on any atom is -0.494 e. The molecular weight excluding hydrogens is 242 g/mol. The molecule has 2 N–H and O–H groups in total. The lowest BCUT2D eigenvalue weighted by Crippen LogP contribution is -2.18. The number of hydrogen-bond donors (Lipinski definition) is 2. The molecule has 1 amide bonds. The van der Waals surface area contributed by atoms with Crippen molar-refractivity contribution in [2.75, 3.05) is 13.7 Å². The quantitative estimate of drug-likeness (QED) is 0.798. The second-order valence-corrected chi connectivity index (χ2v) is 4.89. The molecule has 0 fully saturated rings. The minimum atomic E-state index is -0.363. The fraction of sp³-hybridized carbons (Fsp3) is 0.533. The lowest BCUT2D eigenvalue weighted by Gasteiger charge is -2.22. The molecule has 0 radical (unpaired) electrons. The number of ether oxygens (including phenoxy) is 1. The molecule has 0 saturated heterocycles. The average Bonchev–Trinajstić information content (AvgIpc) is 2.44. The van der Waals surface area contributed by atoms with Crippen LogP contribution in [0.4, 0.5) is 0 Å². The van der Waals surface area contributed by atoms with Crippen molar-refractivity contribution >= 4 is 5.91 Å². The molecule has 0 heterocycles. The van der Waals surface area contributed by atoms with Crippen molar-refractivity contribution in [3.63, 3.8) is 0 Å². The molecule has 104 valence electrons. The first kappa shape index (κ1) is 13.9. The Kier molecular flexibility index (Phi) is 4.80. The van der Waals surface area contributed by atoms with E-state index in [1.807, 2.05) is 18.2 Å². The van der Waals surface area contributed by atoms with E-state index < -0.39 is 0 Å². The van der Waals surface area contributed by atoms with E-state index in [1.54, 1.807) is 7.05 Å². The highest BCUT2D eigenvalue weighted by Gasteiger charge is 2.18. The molecule has 4 nitrogen and oxygen atoms in total. The molecule has 4 heteroatoms. The van der Waals surface area contributed by atoms with Gasteiger partial charge in [-0.3, -0.25) is 4.79 Å². The maximum Gasteiger partial charge on any atom is 0.219 e. The minimum absolute atomic E-state index is 0.0319. The Bertz CT molecular complexity index is 445. The number of fused-ring (bicyclic) bond motifs is 1. The Morgan fingerprint density at radius 3 is 3.16 bits per heavy atom. The topological polar surface area (TPSA) is 58.6 Å². The van der Waals surface area contributed by atoms with E-state index in [1.165, 1.54) is 5.56 Å². The van der Waals surface area contributed by atoms with Gasteiger partial charge in [-0.25, -0.2) is 0 Å². The molecule has 2 rings (SSSR count). The predicted molar refractivity (Wildman–Crippen MR) is 73.1 cm³/mol. The SMILES string of the molecule is CNC(=O)CCCOc1ccc2c(c1)C(O)CCC2. The summed E-state index contributed by atoms with van der Waals surface area (Å²) in [6, 6.07) is 5.90. The summed E-state index contributed by atoms with van der Waals surface area (Å²) in [6.45, 7) is 0.516. The number of amides is 1. The van der Waals surface area contributed by atoms with Crippen molar-refractivity contribution in [1.29, 1.82) is 0 Å². The van der Waals surface area contributed by atoms with Gasteiger partial charge in [0.1, 0.15) is 5.75 Å². The number of rotatable bonds is 5. The highest BCUT2D eigenvalue weighted by Crippen LogP contribution is 2.32. The highest BCUT2D eigenvalue weighted by atomic mass is 16.5. The molecule has 19 heavy (non-hydrogen) atoms. The van der Waals surface area contributed by atoms with Gasteiger partial charge in [0.25, 0.3) is 0 Å². The molecule has 0 aliphatic heterocycles. The van der Waals surface area contributed by atoms with Gasteiger partial charge in [-0.1, -0.05) is 6.07 Å². The summed E-state index contributed by atoms with van der Waals surface area (Å²) in [6.07, 6.45) is 3.71. The van der Waals surface area contributed by atoms with Crippen LogP contribution in [0.1, 0.15) is 42.9 Å². The van der Waals surface area contributed by atoms with Crippen molar-refractivity contribution in [2.24, 2.45) is 0 Å². The van der Waals surface area contributed by atoms with Crippen LogP contribution < -0.4 is 10.1 Å². The van der Waals surface area contributed by atoms with Crippen molar-refractivity contribution in [1.82, 2.24) is 5.32 Å². The van der Waals surface area contributed by atoms with Crippen LogP contribution in [-0.4, -0.2) is 24.7 Å². The van der Waals surface area contributed by atoms with E-state index in [-0.39, 0.29) is 12.0 Å². The van der Waals surface area contributed by atoms with E-state index in [9.17, 15) is 9.90 Å². The summed E-state index contributed by atoms with van der Waals surface area (Å²) in [4.78, 5) is 11.1. The summed E-state index contributed by atoms with van der Waals surface area (Å²) in [5.74, 6) is 0.807. The van der Waals surface area contributed by atoms with Crippen LogP contribution >= 0.6 is 0 Å². The molecule has 1 atom stereocenters. The first-order chi connectivity index (χ1) is 9.20. The lowest BCUT2D eigenvalue weighted by atomic mass is 9.89. The Morgan fingerprint density at radius 2 is 2.37 bits per heavy atom. The molecule has 1 aromatic carbocycles. The Balaban J connectivity index is 1.88. The van der Waals surface area contributed by atoms with Gasteiger partial charge in [-0.15, -0.1) is 0 Å². The molecule has 1 aromatic rings. The molecular formula is C15H21NO3. The van der Waals surface area contributed by atoms with Gasteiger partial charge in [0.15, 0.2) is 0 Å². The first-order valence-corrected chi connectivity index (χ1v) is 6.85. The highest BCUT2D eigenvalue weighted by molar-refractivity contribution is 5.75. The Morgan fingerprint density at radius 1 is 1.53 bits per heavy atom. The van der Waals surface area contributed by atoms with Gasteiger partial charge >= 0.3 is 0 Å². The van der Waals surface area contributed by atoms with Gasteiger partial charge in [-0.05, 0) is 48.9 Å². The first-order valence-electron chi connectivity index (χ1n) is 6.85. The molecule has 0 aromatic heterocycles. The van der Waals surface area contributed by atoms with E-state index in [0.29, 0.717) is 19.4 Å². The number of aliphatic hydroxyl groups excluding tert-OH is 1. The third-order valence-electron chi connectivity index (χ3n) is 3.50. The standard InChI is InChI=1S/C15H21NO3/c1-16-15(18)6-3-9-19-12-8-7-11-4-2-5-14(17)13(11)10-12/h7-8,10,14,17H,2-6,9H2,1H3,(H,16,18). The fourth-order valence-corrected chi connectivity index (χ4v) is 2.39. The molecule has 1 aliphatic rings. The van der Waals surface area contributed by atoms with Gasteiger partial charge in [0.05, 0.1) is 12.7 Å². The van der Waals surface area contributed by atoms with Gasteiger partial charge in [0, 0.05) is 13.5 Å². The van der Waals surface area contributed by atoms with Gasteiger partial charge in [-0.2, -0.15) is 0 Å². The summed E-state index contributed by atoms with van der Waals surface area (Å²) >= 11 is 0. The third-order valence-corrected chi connectivity index (χ3v) is 3.50. The monoisotopic (exact) mass is 263 g/mol. The molecule has 1 unspecified atom stereocenters. The second-order valence-electron chi connectivity index (χ2n) is 4.89. The number of hydrogen-bond acceptors (Lipinski definition) is 3. The Labute approximate surface area is 113 Å².